The lowest BCUT2D eigenvalue weighted by Gasteiger charge is -2.11. The fraction of sp³-hybridized carbons (Fsp3) is 0.455. The van der Waals surface area contributed by atoms with Crippen molar-refractivity contribution in [2.24, 2.45) is 0 Å². The summed E-state index contributed by atoms with van der Waals surface area (Å²) in [5.41, 5.74) is 0.594. The highest BCUT2D eigenvalue weighted by molar-refractivity contribution is 8.13. The maximum absolute atomic E-state index is 11.0. The first kappa shape index (κ1) is 12.5. The van der Waals surface area contributed by atoms with Crippen LogP contribution < -0.4 is 9.47 Å². The molecule has 4 nitrogen and oxygen atoms in total. The highest BCUT2D eigenvalue weighted by Gasteiger charge is 2.25. The number of halogens is 1. The first-order chi connectivity index (χ1) is 7.98. The summed E-state index contributed by atoms with van der Waals surface area (Å²) in [7, 11) is 3.21. The topological polar surface area (TPSA) is 52.6 Å². The summed E-state index contributed by atoms with van der Waals surface area (Å²) >= 11 is 0. The average Bonchev–Trinajstić information content (AvgIpc) is 3.00. The Hall–Kier alpha value is -0.940. The van der Waals surface area contributed by atoms with Crippen LogP contribution in [-0.4, -0.2) is 21.6 Å². The van der Waals surface area contributed by atoms with Crippen LogP contribution in [0.5, 0.6) is 11.5 Å². The van der Waals surface area contributed by atoms with Crippen LogP contribution in [0.1, 0.15) is 18.4 Å². The molecule has 1 aromatic carbocycles. The number of hydrogen-bond acceptors (Lipinski definition) is 4. The number of benzene rings is 1. The zero-order chi connectivity index (χ0) is 12.5. The van der Waals surface area contributed by atoms with Gasteiger partial charge in [-0.3, -0.25) is 0 Å². The molecule has 0 amide bonds. The molecule has 1 aliphatic rings. The van der Waals surface area contributed by atoms with Gasteiger partial charge < -0.3 is 9.47 Å². The van der Waals surface area contributed by atoms with Crippen molar-refractivity contribution in [3.63, 3.8) is 0 Å². The molecule has 17 heavy (non-hydrogen) atoms. The second-order valence-corrected chi connectivity index (χ2v) is 6.76. The van der Waals surface area contributed by atoms with E-state index in [0.29, 0.717) is 17.1 Å². The van der Waals surface area contributed by atoms with Crippen LogP contribution in [-0.2, 0) is 14.8 Å². The standard InChI is InChI=1S/C11H13ClO4S/c1-15-10-5-2-8(7-17(12,13)14)6-11(10)16-9-3-4-9/h2,5-6,9H,3-4,7H2,1H3. The van der Waals surface area contributed by atoms with Crippen LogP contribution in [0.25, 0.3) is 0 Å². The fourth-order valence-electron chi connectivity index (χ4n) is 1.47. The Labute approximate surface area is 105 Å². The molecule has 6 heteroatoms. The van der Waals surface area contributed by atoms with E-state index < -0.39 is 9.05 Å². The van der Waals surface area contributed by atoms with Gasteiger partial charge in [-0.15, -0.1) is 0 Å². The quantitative estimate of drug-likeness (QED) is 0.775. The Bertz CT molecular complexity index is 508. The first-order valence-electron chi connectivity index (χ1n) is 5.24. The normalized spacial score (nSPS) is 15.6. The summed E-state index contributed by atoms with van der Waals surface area (Å²) in [6, 6.07) is 5.02. The van der Waals surface area contributed by atoms with E-state index in [1.165, 1.54) is 0 Å². The zero-order valence-electron chi connectivity index (χ0n) is 9.35. The van der Waals surface area contributed by atoms with Crippen LogP contribution in [0.4, 0.5) is 0 Å². The molecule has 0 aliphatic heterocycles. The van der Waals surface area contributed by atoms with Crippen molar-refractivity contribution in [2.75, 3.05) is 7.11 Å². The van der Waals surface area contributed by atoms with Crippen molar-refractivity contribution >= 4 is 19.7 Å². The molecule has 1 saturated carbocycles. The predicted molar refractivity (Wildman–Crippen MR) is 65.1 cm³/mol. The van der Waals surface area contributed by atoms with Gasteiger partial charge in [-0.2, -0.15) is 0 Å². The monoisotopic (exact) mass is 276 g/mol. The van der Waals surface area contributed by atoms with Gasteiger partial charge in [0.05, 0.1) is 19.0 Å². The molecule has 0 radical (unpaired) electrons. The van der Waals surface area contributed by atoms with Gasteiger partial charge in [0.15, 0.2) is 11.5 Å². The summed E-state index contributed by atoms with van der Waals surface area (Å²) in [6.45, 7) is 0. The van der Waals surface area contributed by atoms with Crippen LogP contribution in [0.3, 0.4) is 0 Å². The smallest absolute Gasteiger partial charge is 0.236 e. The van der Waals surface area contributed by atoms with E-state index in [4.69, 9.17) is 20.2 Å². The van der Waals surface area contributed by atoms with Crippen LogP contribution in [0.2, 0.25) is 0 Å². The fourth-order valence-corrected chi connectivity index (χ4v) is 2.42. The second kappa shape index (κ2) is 4.74. The molecule has 2 rings (SSSR count). The number of hydrogen-bond donors (Lipinski definition) is 0. The number of ether oxygens (including phenoxy) is 2. The summed E-state index contributed by atoms with van der Waals surface area (Å²) < 4.78 is 32.8. The molecule has 0 aromatic heterocycles. The van der Waals surface area contributed by atoms with Gasteiger partial charge in [0.1, 0.15) is 0 Å². The Kier molecular flexibility index (Phi) is 3.49. The van der Waals surface area contributed by atoms with Crippen LogP contribution in [0.15, 0.2) is 18.2 Å². The van der Waals surface area contributed by atoms with E-state index in [0.717, 1.165) is 12.8 Å². The Morgan fingerprint density at radius 3 is 2.59 bits per heavy atom. The first-order valence-corrected chi connectivity index (χ1v) is 7.72. The van der Waals surface area contributed by atoms with E-state index in [-0.39, 0.29) is 11.9 Å². The molecule has 0 heterocycles. The van der Waals surface area contributed by atoms with Crippen molar-refractivity contribution in [3.05, 3.63) is 23.8 Å². The lowest BCUT2D eigenvalue weighted by atomic mass is 10.2. The van der Waals surface area contributed by atoms with Crippen molar-refractivity contribution < 1.29 is 17.9 Å². The largest absolute Gasteiger partial charge is 0.493 e. The molecule has 0 saturated heterocycles. The summed E-state index contributed by atoms with van der Waals surface area (Å²) in [6.07, 6.45) is 2.29. The van der Waals surface area contributed by atoms with Crippen molar-refractivity contribution in [1.29, 1.82) is 0 Å². The number of methoxy groups -OCH3 is 1. The SMILES string of the molecule is COc1ccc(CS(=O)(=O)Cl)cc1OC1CC1. The van der Waals surface area contributed by atoms with Gasteiger partial charge in [0.2, 0.25) is 9.05 Å². The number of rotatable bonds is 5. The molecule has 0 spiro atoms. The second-order valence-electron chi connectivity index (χ2n) is 3.99. The minimum Gasteiger partial charge on any atom is -0.493 e. The van der Waals surface area contributed by atoms with Gasteiger partial charge in [-0.1, -0.05) is 6.07 Å². The van der Waals surface area contributed by atoms with Crippen molar-refractivity contribution in [1.82, 2.24) is 0 Å². The Morgan fingerprint density at radius 2 is 2.06 bits per heavy atom. The Morgan fingerprint density at radius 1 is 1.35 bits per heavy atom. The van der Waals surface area contributed by atoms with Gasteiger partial charge in [-0.05, 0) is 30.5 Å². The molecule has 0 unspecified atom stereocenters. The summed E-state index contributed by atoms with van der Waals surface area (Å²) in [5.74, 6) is 0.972. The average molecular weight is 277 g/mol. The van der Waals surface area contributed by atoms with E-state index >= 15 is 0 Å². The van der Waals surface area contributed by atoms with Gasteiger partial charge >= 0.3 is 0 Å². The van der Waals surface area contributed by atoms with Crippen LogP contribution in [0, 0.1) is 0 Å². The third-order valence-electron chi connectivity index (χ3n) is 2.39. The van der Waals surface area contributed by atoms with Crippen molar-refractivity contribution in [2.45, 2.75) is 24.7 Å². The molecule has 94 valence electrons. The molecule has 1 aromatic rings. The lowest BCUT2D eigenvalue weighted by Crippen LogP contribution is -2.01. The summed E-state index contributed by atoms with van der Waals surface area (Å²) in [4.78, 5) is 0. The maximum Gasteiger partial charge on any atom is 0.236 e. The predicted octanol–water partition coefficient (Wildman–Crippen LogP) is 2.31. The molecular formula is C11H13ClO4S. The van der Waals surface area contributed by atoms with Gasteiger partial charge in [0.25, 0.3) is 0 Å². The van der Waals surface area contributed by atoms with E-state index in [1.54, 1.807) is 25.3 Å². The minimum atomic E-state index is -3.55. The van der Waals surface area contributed by atoms with E-state index in [2.05, 4.69) is 0 Å². The maximum atomic E-state index is 11.0. The molecule has 1 aliphatic carbocycles. The third kappa shape index (κ3) is 3.78. The van der Waals surface area contributed by atoms with E-state index in [9.17, 15) is 8.42 Å². The lowest BCUT2D eigenvalue weighted by molar-refractivity contribution is 0.282. The molecule has 0 bridgehead atoms. The van der Waals surface area contributed by atoms with Crippen molar-refractivity contribution in [3.8, 4) is 11.5 Å². The van der Waals surface area contributed by atoms with E-state index in [1.807, 2.05) is 0 Å². The highest BCUT2D eigenvalue weighted by Crippen LogP contribution is 2.34. The van der Waals surface area contributed by atoms with Gasteiger partial charge in [0, 0.05) is 10.7 Å². The van der Waals surface area contributed by atoms with Crippen LogP contribution >= 0.6 is 10.7 Å². The zero-order valence-corrected chi connectivity index (χ0v) is 10.9. The molecule has 1 fully saturated rings. The third-order valence-corrected chi connectivity index (χ3v) is 3.39. The molecule has 0 N–H and O–H groups in total. The molecular weight excluding hydrogens is 264 g/mol. The highest BCUT2D eigenvalue weighted by atomic mass is 35.7. The minimum absolute atomic E-state index is 0.209. The molecule has 0 atom stereocenters. The Balaban J connectivity index is 2.23. The summed E-state index contributed by atoms with van der Waals surface area (Å²) in [5, 5.41) is 0. The van der Waals surface area contributed by atoms with Gasteiger partial charge in [-0.25, -0.2) is 8.42 Å².